The van der Waals surface area contributed by atoms with E-state index in [0.717, 1.165) is 0 Å². The summed E-state index contributed by atoms with van der Waals surface area (Å²) in [5, 5.41) is 6.01. The maximum Gasteiger partial charge on any atom is 0.0341 e. The molecule has 16 heavy (non-hydrogen) atoms. The molecule has 2 aromatic carbocycles. The van der Waals surface area contributed by atoms with Gasteiger partial charge in [-0.25, -0.2) is 0 Å². The molecule has 1 N–H and O–H groups in total. The number of hydrogen-bond donors (Lipinski definition) is 1. The topological polar surface area (TPSA) is 12.0 Å². The van der Waals surface area contributed by atoms with Crippen molar-refractivity contribution in [2.75, 3.05) is 7.05 Å². The molecule has 0 aliphatic rings. The lowest BCUT2D eigenvalue weighted by Crippen LogP contribution is -2.21. The summed E-state index contributed by atoms with van der Waals surface area (Å²) >= 11 is 0. The zero-order valence-electron chi connectivity index (χ0n) is 10.2. The van der Waals surface area contributed by atoms with Crippen LogP contribution in [0.2, 0.25) is 0 Å². The van der Waals surface area contributed by atoms with E-state index in [0.29, 0.717) is 12.0 Å². The maximum atomic E-state index is 3.38. The lowest BCUT2D eigenvalue weighted by Gasteiger charge is -2.21. The van der Waals surface area contributed by atoms with Crippen molar-refractivity contribution < 1.29 is 0 Å². The van der Waals surface area contributed by atoms with E-state index in [2.05, 4.69) is 61.6 Å². The molecule has 0 saturated heterocycles. The summed E-state index contributed by atoms with van der Waals surface area (Å²) < 4.78 is 0. The molecule has 0 aliphatic heterocycles. The van der Waals surface area contributed by atoms with Crippen molar-refractivity contribution in [1.82, 2.24) is 5.32 Å². The van der Waals surface area contributed by atoms with Gasteiger partial charge in [0.05, 0.1) is 0 Å². The van der Waals surface area contributed by atoms with E-state index in [9.17, 15) is 0 Å². The van der Waals surface area contributed by atoms with Gasteiger partial charge in [0.25, 0.3) is 0 Å². The van der Waals surface area contributed by atoms with Crippen LogP contribution < -0.4 is 5.32 Å². The fraction of sp³-hybridized carbons (Fsp3) is 0.333. The molecule has 0 amide bonds. The zero-order valence-corrected chi connectivity index (χ0v) is 10.2. The summed E-state index contributed by atoms with van der Waals surface area (Å²) in [6.45, 7) is 4.49. The van der Waals surface area contributed by atoms with Crippen LogP contribution >= 0.6 is 0 Å². The quantitative estimate of drug-likeness (QED) is 0.818. The fourth-order valence-corrected chi connectivity index (χ4v) is 2.29. The van der Waals surface area contributed by atoms with Gasteiger partial charge < -0.3 is 5.32 Å². The number of rotatable bonds is 3. The van der Waals surface area contributed by atoms with Crippen molar-refractivity contribution in [2.24, 2.45) is 5.92 Å². The van der Waals surface area contributed by atoms with Gasteiger partial charge >= 0.3 is 0 Å². The minimum Gasteiger partial charge on any atom is -0.313 e. The summed E-state index contributed by atoms with van der Waals surface area (Å²) in [5.74, 6) is 0.603. The summed E-state index contributed by atoms with van der Waals surface area (Å²) in [5.41, 5.74) is 1.37. The van der Waals surface area contributed by atoms with Gasteiger partial charge in [-0.15, -0.1) is 0 Å². The Bertz CT molecular complexity index is 474. The molecular formula is C15H19N. The molecular weight excluding hydrogens is 194 g/mol. The van der Waals surface area contributed by atoms with E-state index in [4.69, 9.17) is 0 Å². The Morgan fingerprint density at radius 2 is 1.62 bits per heavy atom. The average molecular weight is 213 g/mol. The monoisotopic (exact) mass is 213 g/mol. The minimum absolute atomic E-state index is 0.435. The minimum atomic E-state index is 0.435. The SMILES string of the molecule is CNC(c1ccc2ccccc2c1)C(C)C. The number of benzene rings is 2. The molecule has 1 heteroatoms. The molecule has 0 saturated carbocycles. The van der Waals surface area contributed by atoms with Crippen LogP contribution in [0, 0.1) is 5.92 Å². The van der Waals surface area contributed by atoms with Crippen LogP contribution in [0.5, 0.6) is 0 Å². The first-order chi connectivity index (χ1) is 7.72. The van der Waals surface area contributed by atoms with Gasteiger partial charge in [0.15, 0.2) is 0 Å². The lowest BCUT2D eigenvalue weighted by molar-refractivity contribution is 0.443. The van der Waals surface area contributed by atoms with Gasteiger partial charge in [0, 0.05) is 6.04 Å². The molecule has 1 atom stereocenters. The molecule has 0 fully saturated rings. The van der Waals surface area contributed by atoms with Crippen LogP contribution in [0.15, 0.2) is 42.5 Å². The van der Waals surface area contributed by atoms with E-state index in [1.807, 2.05) is 7.05 Å². The molecule has 2 rings (SSSR count). The van der Waals surface area contributed by atoms with Crippen LogP contribution in [-0.2, 0) is 0 Å². The molecule has 1 nitrogen and oxygen atoms in total. The largest absolute Gasteiger partial charge is 0.313 e. The first kappa shape index (κ1) is 11.2. The summed E-state index contributed by atoms with van der Waals surface area (Å²) in [6.07, 6.45) is 0. The van der Waals surface area contributed by atoms with Crippen LogP contribution in [0.4, 0.5) is 0 Å². The van der Waals surface area contributed by atoms with Crippen LogP contribution in [0.3, 0.4) is 0 Å². The third-order valence-corrected chi connectivity index (χ3v) is 3.11. The number of fused-ring (bicyclic) bond motifs is 1. The predicted octanol–water partition coefficient (Wildman–Crippen LogP) is 3.76. The average Bonchev–Trinajstić information content (AvgIpc) is 2.29. The van der Waals surface area contributed by atoms with Crippen LogP contribution in [-0.4, -0.2) is 7.05 Å². The molecule has 0 heterocycles. The second-order valence-electron chi connectivity index (χ2n) is 4.62. The van der Waals surface area contributed by atoms with Crippen molar-refractivity contribution in [3.05, 3.63) is 48.0 Å². The molecule has 0 aromatic heterocycles. The Balaban J connectivity index is 2.45. The Hall–Kier alpha value is -1.34. The van der Waals surface area contributed by atoms with Gasteiger partial charge in [-0.05, 0) is 35.4 Å². The van der Waals surface area contributed by atoms with Gasteiger partial charge in [-0.3, -0.25) is 0 Å². The third-order valence-electron chi connectivity index (χ3n) is 3.11. The molecule has 2 aromatic rings. The van der Waals surface area contributed by atoms with E-state index < -0.39 is 0 Å². The highest BCUT2D eigenvalue weighted by molar-refractivity contribution is 5.83. The fourth-order valence-electron chi connectivity index (χ4n) is 2.29. The summed E-state index contributed by atoms with van der Waals surface area (Å²) in [6, 6.07) is 15.7. The molecule has 0 bridgehead atoms. The third kappa shape index (κ3) is 2.10. The molecule has 1 unspecified atom stereocenters. The van der Waals surface area contributed by atoms with Crippen molar-refractivity contribution in [3.8, 4) is 0 Å². The second-order valence-corrected chi connectivity index (χ2v) is 4.62. The number of hydrogen-bond acceptors (Lipinski definition) is 1. The smallest absolute Gasteiger partial charge is 0.0341 e. The van der Waals surface area contributed by atoms with E-state index in [-0.39, 0.29) is 0 Å². The number of nitrogens with one attached hydrogen (secondary N) is 1. The molecule has 84 valence electrons. The van der Waals surface area contributed by atoms with Gasteiger partial charge in [0.1, 0.15) is 0 Å². The second kappa shape index (κ2) is 4.67. The highest BCUT2D eigenvalue weighted by atomic mass is 14.9. The summed E-state index contributed by atoms with van der Waals surface area (Å²) in [4.78, 5) is 0. The Morgan fingerprint density at radius 1 is 0.938 bits per heavy atom. The Kier molecular flexibility index (Phi) is 3.25. The highest BCUT2D eigenvalue weighted by Gasteiger charge is 2.13. The van der Waals surface area contributed by atoms with Crippen molar-refractivity contribution in [3.63, 3.8) is 0 Å². The van der Waals surface area contributed by atoms with Crippen molar-refractivity contribution in [1.29, 1.82) is 0 Å². The standard InChI is InChI=1S/C15H19N/c1-11(2)15(16-3)14-9-8-12-6-4-5-7-13(12)10-14/h4-11,15-16H,1-3H3. The molecule has 0 aliphatic carbocycles. The molecule has 0 spiro atoms. The zero-order chi connectivity index (χ0) is 11.5. The van der Waals surface area contributed by atoms with Gasteiger partial charge in [0.2, 0.25) is 0 Å². The Morgan fingerprint density at radius 3 is 2.25 bits per heavy atom. The van der Waals surface area contributed by atoms with E-state index in [1.54, 1.807) is 0 Å². The van der Waals surface area contributed by atoms with Gasteiger partial charge in [-0.2, -0.15) is 0 Å². The van der Waals surface area contributed by atoms with Crippen LogP contribution in [0.1, 0.15) is 25.5 Å². The predicted molar refractivity (Wildman–Crippen MR) is 70.6 cm³/mol. The first-order valence-corrected chi connectivity index (χ1v) is 5.88. The highest BCUT2D eigenvalue weighted by Crippen LogP contribution is 2.24. The van der Waals surface area contributed by atoms with Gasteiger partial charge in [-0.1, -0.05) is 50.2 Å². The van der Waals surface area contributed by atoms with Crippen molar-refractivity contribution in [2.45, 2.75) is 19.9 Å². The molecule has 0 radical (unpaired) electrons. The van der Waals surface area contributed by atoms with E-state index >= 15 is 0 Å². The maximum absolute atomic E-state index is 3.38. The first-order valence-electron chi connectivity index (χ1n) is 5.88. The van der Waals surface area contributed by atoms with E-state index in [1.165, 1.54) is 16.3 Å². The normalized spacial score (nSPS) is 13.2. The Labute approximate surface area is 97.5 Å². The van der Waals surface area contributed by atoms with Crippen molar-refractivity contribution >= 4 is 10.8 Å². The lowest BCUT2D eigenvalue weighted by atomic mass is 9.94. The van der Waals surface area contributed by atoms with Crippen LogP contribution in [0.25, 0.3) is 10.8 Å². The summed E-state index contributed by atoms with van der Waals surface area (Å²) in [7, 11) is 2.03.